The van der Waals surface area contributed by atoms with Crippen molar-refractivity contribution in [3.63, 3.8) is 0 Å². The van der Waals surface area contributed by atoms with Gasteiger partial charge in [-0.2, -0.15) is 0 Å². The number of amides is 1. The molecule has 1 unspecified atom stereocenters. The Bertz CT molecular complexity index is 1440. The average Bonchev–Trinajstić information content (AvgIpc) is 3.33. The summed E-state index contributed by atoms with van der Waals surface area (Å²) >= 11 is 7.44. The maximum atomic E-state index is 13.3. The summed E-state index contributed by atoms with van der Waals surface area (Å²) in [5.41, 5.74) is 4.03. The number of aliphatic hydroxyl groups excluding tert-OH is 1. The molecular formula is C26H19ClN2O3S. The van der Waals surface area contributed by atoms with Crippen molar-refractivity contribution in [2.45, 2.75) is 19.9 Å². The molecule has 0 saturated carbocycles. The van der Waals surface area contributed by atoms with Crippen LogP contribution >= 0.6 is 22.9 Å². The Hall–Kier alpha value is -3.48. The SMILES string of the molecule is Cc1cc(C)c2nc(N3C(=O)C(=O)/C(=C(/O)c4ccccc4)C3c3ccc(Cl)cc3)sc2c1. The number of aryl methyl sites for hydroxylation is 2. The first-order valence-electron chi connectivity index (χ1n) is 10.3. The van der Waals surface area contributed by atoms with Gasteiger partial charge < -0.3 is 5.11 Å². The highest BCUT2D eigenvalue weighted by molar-refractivity contribution is 7.22. The second-order valence-corrected chi connectivity index (χ2v) is 9.46. The fraction of sp³-hybridized carbons (Fsp3) is 0.115. The third kappa shape index (κ3) is 3.61. The lowest BCUT2D eigenvalue weighted by atomic mass is 9.95. The van der Waals surface area contributed by atoms with E-state index < -0.39 is 17.7 Å². The van der Waals surface area contributed by atoms with Crippen molar-refractivity contribution < 1.29 is 14.7 Å². The second kappa shape index (κ2) is 8.14. The third-order valence-electron chi connectivity index (χ3n) is 5.70. The van der Waals surface area contributed by atoms with Crippen LogP contribution in [0.4, 0.5) is 5.13 Å². The molecule has 5 rings (SSSR count). The minimum atomic E-state index is -0.829. The molecule has 0 spiro atoms. The summed E-state index contributed by atoms with van der Waals surface area (Å²) in [4.78, 5) is 32.6. The van der Waals surface area contributed by atoms with Gasteiger partial charge >= 0.3 is 5.91 Å². The number of hydrogen-bond acceptors (Lipinski definition) is 5. The maximum absolute atomic E-state index is 13.3. The summed E-state index contributed by atoms with van der Waals surface area (Å²) in [5.74, 6) is -1.69. The predicted octanol–water partition coefficient (Wildman–Crippen LogP) is 6.19. The molecule has 1 aromatic heterocycles. The van der Waals surface area contributed by atoms with E-state index in [1.165, 1.54) is 16.2 Å². The van der Waals surface area contributed by atoms with E-state index in [-0.39, 0.29) is 11.3 Å². The minimum absolute atomic E-state index is 0.0284. The first kappa shape index (κ1) is 21.4. The number of halogens is 1. The van der Waals surface area contributed by atoms with Crippen LogP contribution in [-0.4, -0.2) is 21.8 Å². The predicted molar refractivity (Wildman–Crippen MR) is 132 cm³/mol. The molecule has 4 aromatic rings. The Morgan fingerprint density at radius 1 is 1.03 bits per heavy atom. The molecule has 2 heterocycles. The van der Waals surface area contributed by atoms with Crippen molar-refractivity contribution in [2.24, 2.45) is 0 Å². The van der Waals surface area contributed by atoms with Gasteiger partial charge in [-0.15, -0.1) is 0 Å². The van der Waals surface area contributed by atoms with Crippen LogP contribution in [0.3, 0.4) is 0 Å². The fourth-order valence-electron chi connectivity index (χ4n) is 4.20. The van der Waals surface area contributed by atoms with E-state index in [1.54, 1.807) is 48.5 Å². The lowest BCUT2D eigenvalue weighted by Crippen LogP contribution is -2.29. The molecule has 1 aliphatic heterocycles. The molecule has 0 aliphatic carbocycles. The minimum Gasteiger partial charge on any atom is -0.507 e. The number of Topliss-reactive ketones (excluding diaryl/α,β-unsaturated/α-hetero) is 1. The first-order chi connectivity index (χ1) is 15.8. The van der Waals surface area contributed by atoms with E-state index in [9.17, 15) is 14.7 Å². The number of thiazole rings is 1. The van der Waals surface area contributed by atoms with Gasteiger partial charge in [0.2, 0.25) is 0 Å². The molecule has 1 fully saturated rings. The molecule has 1 aliphatic rings. The van der Waals surface area contributed by atoms with E-state index in [0.717, 1.165) is 21.3 Å². The summed E-state index contributed by atoms with van der Waals surface area (Å²) in [7, 11) is 0. The molecule has 1 atom stereocenters. The molecule has 5 nitrogen and oxygen atoms in total. The number of fused-ring (bicyclic) bond motifs is 1. The quantitative estimate of drug-likeness (QED) is 0.218. The molecule has 33 heavy (non-hydrogen) atoms. The number of benzene rings is 3. The Morgan fingerprint density at radius 2 is 1.73 bits per heavy atom. The number of aromatic nitrogens is 1. The van der Waals surface area contributed by atoms with Gasteiger partial charge in [0.1, 0.15) is 5.76 Å². The van der Waals surface area contributed by atoms with E-state index >= 15 is 0 Å². The summed E-state index contributed by atoms with van der Waals surface area (Å²) in [5, 5.41) is 12.1. The Balaban J connectivity index is 1.75. The largest absolute Gasteiger partial charge is 0.507 e. The van der Waals surface area contributed by atoms with Gasteiger partial charge in [0.05, 0.1) is 21.8 Å². The lowest BCUT2D eigenvalue weighted by Gasteiger charge is -2.23. The second-order valence-electron chi connectivity index (χ2n) is 8.01. The van der Waals surface area contributed by atoms with Gasteiger partial charge in [-0.25, -0.2) is 4.98 Å². The van der Waals surface area contributed by atoms with Crippen LogP contribution in [0.5, 0.6) is 0 Å². The summed E-state index contributed by atoms with van der Waals surface area (Å²) in [6, 6.07) is 18.9. The van der Waals surface area contributed by atoms with Gasteiger partial charge in [0.15, 0.2) is 5.13 Å². The van der Waals surface area contributed by atoms with Crippen molar-refractivity contribution in [3.8, 4) is 0 Å². The van der Waals surface area contributed by atoms with Gasteiger partial charge in [-0.05, 0) is 48.7 Å². The van der Waals surface area contributed by atoms with Crippen molar-refractivity contribution in [1.29, 1.82) is 0 Å². The van der Waals surface area contributed by atoms with Crippen LogP contribution in [0.1, 0.15) is 28.3 Å². The van der Waals surface area contributed by atoms with Crippen LogP contribution in [0.2, 0.25) is 5.02 Å². The number of nitrogens with zero attached hydrogens (tertiary/aromatic N) is 2. The van der Waals surface area contributed by atoms with Gasteiger partial charge in [-0.1, -0.05) is 71.5 Å². The van der Waals surface area contributed by atoms with Crippen LogP contribution in [0.15, 0.2) is 72.3 Å². The first-order valence-corrected chi connectivity index (χ1v) is 11.5. The summed E-state index contributed by atoms with van der Waals surface area (Å²) in [6.07, 6.45) is 0. The molecule has 0 bridgehead atoms. The van der Waals surface area contributed by atoms with E-state index in [1.807, 2.05) is 32.0 Å². The number of carbonyl (C=O) groups excluding carboxylic acids is 2. The van der Waals surface area contributed by atoms with E-state index in [4.69, 9.17) is 16.6 Å². The zero-order valence-electron chi connectivity index (χ0n) is 17.9. The monoisotopic (exact) mass is 474 g/mol. The van der Waals surface area contributed by atoms with E-state index in [0.29, 0.717) is 21.3 Å². The molecule has 0 radical (unpaired) electrons. The highest BCUT2D eigenvalue weighted by Gasteiger charge is 2.48. The Kier molecular flexibility index (Phi) is 5.27. The van der Waals surface area contributed by atoms with Gasteiger partial charge in [-0.3, -0.25) is 14.5 Å². The third-order valence-corrected chi connectivity index (χ3v) is 6.96. The zero-order chi connectivity index (χ0) is 23.3. The number of anilines is 1. The molecule has 1 N–H and O–H groups in total. The number of hydrogen-bond donors (Lipinski definition) is 1. The summed E-state index contributed by atoms with van der Waals surface area (Å²) < 4.78 is 0.933. The molecule has 7 heteroatoms. The standard InChI is InChI=1S/C26H19ClN2O3S/c1-14-12-15(2)21-19(13-14)33-26(28-21)29-22(16-8-10-18(27)11-9-16)20(24(31)25(29)32)23(30)17-6-4-3-5-7-17/h3-13,22,30H,1-2H3/b23-20+. The number of ketones is 1. The summed E-state index contributed by atoms with van der Waals surface area (Å²) in [6.45, 7) is 3.98. The molecule has 164 valence electrons. The van der Waals surface area contributed by atoms with E-state index in [2.05, 4.69) is 0 Å². The Labute approximate surface area is 199 Å². The number of aliphatic hydroxyl groups is 1. The number of carbonyl (C=O) groups is 2. The zero-order valence-corrected chi connectivity index (χ0v) is 19.4. The van der Waals surface area contributed by atoms with Crippen molar-refractivity contribution in [2.75, 3.05) is 4.90 Å². The van der Waals surface area contributed by atoms with Gasteiger partial charge in [0.25, 0.3) is 5.78 Å². The van der Waals surface area contributed by atoms with Crippen LogP contribution in [0.25, 0.3) is 16.0 Å². The fourth-order valence-corrected chi connectivity index (χ4v) is 5.50. The molecule has 1 amide bonds. The normalized spacial score (nSPS) is 17.8. The molecular weight excluding hydrogens is 456 g/mol. The average molecular weight is 475 g/mol. The molecule has 3 aromatic carbocycles. The Morgan fingerprint density at radius 3 is 2.42 bits per heavy atom. The lowest BCUT2D eigenvalue weighted by molar-refractivity contribution is -0.132. The smallest absolute Gasteiger partial charge is 0.301 e. The van der Waals surface area contributed by atoms with Crippen LogP contribution < -0.4 is 4.90 Å². The van der Waals surface area contributed by atoms with Crippen molar-refractivity contribution >= 4 is 55.7 Å². The molecule has 1 saturated heterocycles. The van der Waals surface area contributed by atoms with Gasteiger partial charge in [0, 0.05) is 10.6 Å². The van der Waals surface area contributed by atoms with Crippen molar-refractivity contribution in [3.05, 3.63) is 99.6 Å². The highest BCUT2D eigenvalue weighted by Crippen LogP contribution is 2.44. The number of rotatable bonds is 3. The maximum Gasteiger partial charge on any atom is 0.301 e. The van der Waals surface area contributed by atoms with Crippen LogP contribution in [0, 0.1) is 13.8 Å². The topological polar surface area (TPSA) is 70.5 Å². The van der Waals surface area contributed by atoms with Crippen LogP contribution in [-0.2, 0) is 9.59 Å². The highest BCUT2D eigenvalue weighted by atomic mass is 35.5. The van der Waals surface area contributed by atoms with Crippen molar-refractivity contribution in [1.82, 2.24) is 4.98 Å².